The van der Waals surface area contributed by atoms with Gasteiger partial charge < -0.3 is 123 Å². The lowest BCUT2D eigenvalue weighted by atomic mass is 9.96. The summed E-state index contributed by atoms with van der Waals surface area (Å²) in [5.41, 5.74) is 31.2. The minimum absolute atomic E-state index is 0.000101. The molecule has 0 aliphatic rings. The molecule has 11 atom stereocenters. The monoisotopic (exact) mass is 1690 g/mol. The van der Waals surface area contributed by atoms with E-state index < -0.39 is 206 Å². The predicted molar refractivity (Wildman–Crippen MR) is 447 cm³/mol. The summed E-state index contributed by atoms with van der Waals surface area (Å²) in [5.74, 6) is -15.0. The average molecular weight is 1690 g/mol. The third kappa shape index (κ3) is 34.9. The summed E-state index contributed by atoms with van der Waals surface area (Å²) < 4.78 is 5.16. The molecule has 27 N–H and O–H groups in total. The van der Waals surface area contributed by atoms with Crippen LogP contribution in [0.5, 0.6) is 5.75 Å². The molecule has 0 fully saturated rings. The van der Waals surface area contributed by atoms with Crippen LogP contribution in [-0.2, 0) is 101 Å². The van der Waals surface area contributed by atoms with Gasteiger partial charge in [0.05, 0.1) is 32.7 Å². The van der Waals surface area contributed by atoms with E-state index >= 15 is 4.79 Å². The quantitative estimate of drug-likeness (QED) is 0.0107. The van der Waals surface area contributed by atoms with E-state index in [2.05, 4.69) is 99.5 Å². The van der Waals surface area contributed by atoms with Crippen LogP contribution in [0.1, 0.15) is 141 Å². The first-order valence-corrected chi connectivity index (χ1v) is 40.6. The number of aromatic hydroxyl groups is 1. The van der Waals surface area contributed by atoms with Gasteiger partial charge in [0, 0.05) is 66.3 Å². The number of ether oxygens (including phenoxy) is 1. The highest BCUT2D eigenvalue weighted by Crippen LogP contribution is 2.23. The highest BCUT2D eigenvalue weighted by molar-refractivity contribution is 6.01. The number of aromatic nitrogens is 2. The Bertz CT molecular complexity index is 4320. The molecule has 0 bridgehead atoms. The molecule has 5 rings (SSSR count). The first-order chi connectivity index (χ1) is 57.8. The number of para-hydroxylation sites is 2. The van der Waals surface area contributed by atoms with Crippen LogP contribution >= 0.6 is 0 Å². The number of phenols is 1. The van der Waals surface area contributed by atoms with Crippen molar-refractivity contribution in [1.82, 2.24) is 79.1 Å². The van der Waals surface area contributed by atoms with Crippen molar-refractivity contribution < 1.29 is 91.7 Å². The smallest absolute Gasteiger partial charge is 0.306 e. The number of hydrogen-bond acceptors (Lipinski definition) is 22. The van der Waals surface area contributed by atoms with Gasteiger partial charge in [-0.15, -0.1) is 0 Å². The number of aromatic amines is 2. The van der Waals surface area contributed by atoms with E-state index in [1.807, 2.05) is 0 Å². The summed E-state index contributed by atoms with van der Waals surface area (Å²) in [6, 6.07) is 4.48. The summed E-state index contributed by atoms with van der Waals surface area (Å²) in [6.07, 6.45) is 5.53. The van der Waals surface area contributed by atoms with Crippen molar-refractivity contribution in [3.63, 3.8) is 0 Å². The number of carbonyl (C=O) groups excluding carboxylic acids is 16. The van der Waals surface area contributed by atoms with Crippen LogP contribution in [0.3, 0.4) is 0 Å². The van der Waals surface area contributed by atoms with E-state index in [1.165, 1.54) is 30.3 Å². The van der Waals surface area contributed by atoms with Crippen LogP contribution in [-0.4, -0.2) is 228 Å². The number of fused-ring (bicyclic) bond motifs is 2. The van der Waals surface area contributed by atoms with Gasteiger partial charge in [-0.1, -0.05) is 115 Å². The standard InChI is InChI=1S/C82H120N20O19/c1-6-36-121-71(110)32-31-60(77(115)102-72(48(5)7-2)82(120)101-64(40-66(86)105)74(112)91-44-69(108)90-43-67(87)106)97-80(118)62(38-50-41-88-55-21-13-11-19-53(50)55)99-75(113)58(24-16-34-84)93-70(109)45-92-73(111)57(23-15-33-83)95-76(114)59(25-17-35-85)96-79(117)63(39-51-42-89-56-22-14-12-20-54(51)56)100-78(116)61(37-49-27-29-52(104)30-28-49)98-81(119)65(46-103)94-68(107)26-10-8-9-18-47(3)4/h6,11-14,19-22,27-30,41-42,47-48,57-65,72,88-89,103-104H,1,7-10,15-18,23-26,31-40,43-46,83-85H2,2-5H3,(H2,86,105)(H2,87,106)(H,90,108)(H,91,112)(H,92,111)(H,93,109)(H,94,107)(H,95,114)(H,96,117)(H,97,118)(H,98,119)(H,99,113)(H,100,116)(H,101,120)(H,102,115)/t48-,57-,58+,59+,60-,61+,62-,63+,64-,65+,72-/m0/s1. The molecule has 15 amide bonds. The average Bonchev–Trinajstić information content (AvgIpc) is 1.63. The molecule has 662 valence electrons. The summed E-state index contributed by atoms with van der Waals surface area (Å²) in [7, 11) is 0. The highest BCUT2D eigenvalue weighted by Gasteiger charge is 2.38. The van der Waals surface area contributed by atoms with Gasteiger partial charge in [-0.2, -0.15) is 0 Å². The highest BCUT2D eigenvalue weighted by atomic mass is 16.5. The lowest BCUT2D eigenvalue weighted by molar-refractivity contribution is -0.143. The zero-order valence-electron chi connectivity index (χ0n) is 68.9. The number of phenolic OH excluding ortho intramolecular Hbond substituents is 1. The molecular formula is C82H120N20O19. The van der Waals surface area contributed by atoms with E-state index in [1.54, 1.807) is 74.8 Å². The van der Waals surface area contributed by atoms with Gasteiger partial charge in [-0.25, -0.2) is 0 Å². The fourth-order valence-corrected chi connectivity index (χ4v) is 12.9. The molecule has 0 unspecified atom stereocenters. The molecule has 2 aromatic heterocycles. The molecule has 0 saturated heterocycles. The fraction of sp³-hybridized carbons (Fsp3) is 0.512. The number of amides is 15. The second kappa shape index (κ2) is 52.5. The van der Waals surface area contributed by atoms with Gasteiger partial charge in [-0.3, -0.25) is 76.7 Å². The SMILES string of the molecule is C=CCOC(=O)CC[C@H](NC(=O)[C@H](Cc1c[nH]c2ccccc12)NC(=O)[C@@H](CCCN)NC(=O)CNC(=O)[C@H](CCCN)NC(=O)[C@@H](CCCN)NC(=O)[C@@H](Cc1c[nH]c2ccccc12)NC(=O)[C@@H](Cc1ccc(O)cc1)NC(=O)[C@@H](CO)NC(=O)CCCCCC(C)C)C(=O)N[C@H](C(=O)N[C@@H](CC(N)=O)C(=O)NCC(=O)NCC(N)=O)[C@@H](C)CC. The number of nitrogens with two attached hydrogens (primary N) is 5. The Labute approximate surface area is 701 Å². The number of esters is 1. The number of H-pyrrole nitrogens is 2. The zero-order chi connectivity index (χ0) is 89.1. The number of nitrogens with one attached hydrogen (secondary N) is 15. The van der Waals surface area contributed by atoms with Crippen molar-refractivity contribution >= 4 is 116 Å². The van der Waals surface area contributed by atoms with Crippen molar-refractivity contribution in [3.05, 3.63) is 115 Å². The molecule has 0 spiro atoms. The molecular weight excluding hydrogens is 1570 g/mol. The van der Waals surface area contributed by atoms with Crippen LogP contribution in [0.25, 0.3) is 21.8 Å². The number of unbranched alkanes of at least 4 members (excludes halogenated alkanes) is 2. The van der Waals surface area contributed by atoms with Crippen LogP contribution < -0.4 is 97.8 Å². The Morgan fingerprint density at radius 2 is 0.876 bits per heavy atom. The molecule has 0 saturated carbocycles. The summed E-state index contributed by atoms with van der Waals surface area (Å²) in [4.78, 5) is 227. The number of aliphatic hydroxyl groups is 1. The lowest BCUT2D eigenvalue weighted by Crippen LogP contribution is -2.61. The molecule has 39 heteroatoms. The Balaban J connectivity index is 1.39. The maximum absolute atomic E-state index is 15.0. The van der Waals surface area contributed by atoms with Gasteiger partial charge in [0.25, 0.3) is 0 Å². The van der Waals surface area contributed by atoms with Gasteiger partial charge in [0.15, 0.2) is 0 Å². The van der Waals surface area contributed by atoms with E-state index in [4.69, 9.17) is 33.4 Å². The Morgan fingerprint density at radius 1 is 0.438 bits per heavy atom. The maximum Gasteiger partial charge on any atom is 0.306 e. The predicted octanol–water partition coefficient (Wildman–Crippen LogP) is -2.69. The molecule has 0 aliphatic heterocycles. The number of hydrogen-bond donors (Lipinski definition) is 22. The Hall–Kier alpha value is -12.4. The van der Waals surface area contributed by atoms with Crippen molar-refractivity contribution in [2.45, 2.75) is 204 Å². The van der Waals surface area contributed by atoms with Crippen LogP contribution in [0.2, 0.25) is 0 Å². The normalized spacial score (nSPS) is 13.9. The maximum atomic E-state index is 15.0. The molecule has 5 aromatic rings. The van der Waals surface area contributed by atoms with Crippen molar-refractivity contribution in [1.29, 1.82) is 0 Å². The van der Waals surface area contributed by atoms with Crippen molar-refractivity contribution in [2.24, 2.45) is 40.5 Å². The van der Waals surface area contributed by atoms with Gasteiger partial charge in [0.2, 0.25) is 88.6 Å². The van der Waals surface area contributed by atoms with Crippen LogP contribution in [0.15, 0.2) is 97.8 Å². The van der Waals surface area contributed by atoms with Gasteiger partial charge >= 0.3 is 5.97 Å². The van der Waals surface area contributed by atoms with Gasteiger partial charge in [0.1, 0.15) is 72.8 Å². The molecule has 2 heterocycles. The molecule has 3 aromatic carbocycles. The van der Waals surface area contributed by atoms with E-state index in [0.717, 1.165) is 19.3 Å². The van der Waals surface area contributed by atoms with Crippen molar-refractivity contribution in [2.75, 3.05) is 52.5 Å². The number of benzene rings is 3. The van der Waals surface area contributed by atoms with Crippen LogP contribution in [0.4, 0.5) is 0 Å². The topological polar surface area (TPSA) is 641 Å². The van der Waals surface area contributed by atoms with E-state index in [9.17, 15) is 82.1 Å². The molecule has 121 heavy (non-hydrogen) atoms. The molecule has 0 radical (unpaired) electrons. The number of carbonyl (C=O) groups is 16. The Morgan fingerprint density at radius 3 is 1.36 bits per heavy atom. The lowest BCUT2D eigenvalue weighted by Gasteiger charge is -2.29. The van der Waals surface area contributed by atoms with Crippen LogP contribution in [0, 0.1) is 11.8 Å². The third-order valence-electron chi connectivity index (χ3n) is 19.8. The summed E-state index contributed by atoms with van der Waals surface area (Å²) in [5, 5.41) is 54.9. The van der Waals surface area contributed by atoms with E-state index in [-0.39, 0.29) is 103 Å². The molecule has 0 aliphatic carbocycles. The first-order valence-electron chi connectivity index (χ1n) is 40.6. The second-order valence-corrected chi connectivity index (χ2v) is 29.9. The largest absolute Gasteiger partial charge is 0.508 e. The zero-order valence-corrected chi connectivity index (χ0v) is 68.9. The summed E-state index contributed by atoms with van der Waals surface area (Å²) in [6.45, 7) is 7.86. The Kier molecular flexibility index (Phi) is 43.1. The number of primary amides is 2. The van der Waals surface area contributed by atoms with E-state index in [0.29, 0.717) is 50.8 Å². The minimum Gasteiger partial charge on any atom is -0.508 e. The molecule has 39 nitrogen and oxygen atoms in total. The number of rotatable bonds is 57. The van der Waals surface area contributed by atoms with Crippen molar-refractivity contribution in [3.8, 4) is 5.75 Å². The minimum atomic E-state index is -1.71. The number of aliphatic hydroxyl groups excluding tert-OH is 1. The summed E-state index contributed by atoms with van der Waals surface area (Å²) >= 11 is 0. The third-order valence-corrected chi connectivity index (χ3v) is 19.8. The first kappa shape index (κ1) is 99.2. The second-order valence-electron chi connectivity index (χ2n) is 29.9. The fourth-order valence-electron chi connectivity index (χ4n) is 12.9. The van der Waals surface area contributed by atoms with Gasteiger partial charge in [-0.05, 0) is 124 Å².